The zero-order valence-electron chi connectivity index (χ0n) is 14.9. The van der Waals surface area contributed by atoms with Crippen LogP contribution in [-0.4, -0.2) is 28.0 Å². The number of hydrogen-bond acceptors (Lipinski definition) is 6. The molecule has 27 heavy (non-hydrogen) atoms. The maximum absolute atomic E-state index is 12.5. The van der Waals surface area contributed by atoms with E-state index in [0.29, 0.717) is 34.6 Å². The molecule has 2 aromatic heterocycles. The van der Waals surface area contributed by atoms with E-state index in [-0.39, 0.29) is 11.6 Å². The molecule has 2 heterocycles. The van der Waals surface area contributed by atoms with Crippen molar-refractivity contribution in [1.82, 2.24) is 20.3 Å². The fourth-order valence-corrected chi connectivity index (χ4v) is 2.61. The Labute approximate surface area is 161 Å². The maximum atomic E-state index is 12.5. The first-order valence-electron chi connectivity index (χ1n) is 8.18. The molecule has 8 heteroatoms. The predicted molar refractivity (Wildman–Crippen MR) is 103 cm³/mol. The number of methoxy groups -OCH3 is 1. The van der Waals surface area contributed by atoms with Gasteiger partial charge in [0.15, 0.2) is 0 Å². The number of rotatable bonds is 6. The van der Waals surface area contributed by atoms with Gasteiger partial charge in [-0.1, -0.05) is 17.7 Å². The monoisotopic (exact) mass is 383 g/mol. The smallest absolute Gasteiger partial charge is 0.270 e. The van der Waals surface area contributed by atoms with Crippen molar-refractivity contribution < 1.29 is 9.53 Å². The molecule has 0 unspecified atom stereocenters. The number of carbonyl (C=O) groups excluding carboxylic acids is 1. The van der Waals surface area contributed by atoms with E-state index in [1.54, 1.807) is 50.7 Å². The van der Waals surface area contributed by atoms with Gasteiger partial charge in [-0.2, -0.15) is 0 Å². The second-order valence-corrected chi connectivity index (χ2v) is 6.14. The lowest BCUT2D eigenvalue weighted by Gasteiger charge is -2.12. The second-order valence-electron chi connectivity index (χ2n) is 5.70. The summed E-state index contributed by atoms with van der Waals surface area (Å²) in [5, 5.41) is 6.50. The number of ether oxygens (including phenoxy) is 1. The lowest BCUT2D eigenvalue weighted by atomic mass is 10.2. The summed E-state index contributed by atoms with van der Waals surface area (Å²) in [5.41, 5.74) is 1.80. The van der Waals surface area contributed by atoms with Gasteiger partial charge in [0.05, 0.1) is 12.8 Å². The minimum absolute atomic E-state index is 0.259. The van der Waals surface area contributed by atoms with Crippen LogP contribution in [0.5, 0.6) is 5.75 Å². The van der Waals surface area contributed by atoms with Gasteiger partial charge in [-0.05, 0) is 36.8 Å². The van der Waals surface area contributed by atoms with E-state index in [4.69, 9.17) is 16.3 Å². The number of halogens is 1. The van der Waals surface area contributed by atoms with Crippen LogP contribution in [0.3, 0.4) is 0 Å². The molecule has 0 saturated heterocycles. The minimum atomic E-state index is -0.300. The number of amides is 1. The van der Waals surface area contributed by atoms with Crippen LogP contribution < -0.4 is 15.4 Å². The van der Waals surface area contributed by atoms with Gasteiger partial charge in [0.2, 0.25) is 0 Å². The van der Waals surface area contributed by atoms with E-state index >= 15 is 0 Å². The Morgan fingerprint density at radius 1 is 1.22 bits per heavy atom. The zero-order chi connectivity index (χ0) is 19.2. The molecule has 0 spiro atoms. The minimum Gasteiger partial charge on any atom is -0.495 e. The second kappa shape index (κ2) is 8.46. The van der Waals surface area contributed by atoms with Crippen LogP contribution >= 0.6 is 11.6 Å². The van der Waals surface area contributed by atoms with Crippen molar-refractivity contribution in [2.45, 2.75) is 13.5 Å². The summed E-state index contributed by atoms with van der Waals surface area (Å²) >= 11 is 6.05. The largest absolute Gasteiger partial charge is 0.495 e. The van der Waals surface area contributed by atoms with Gasteiger partial charge in [-0.3, -0.25) is 9.78 Å². The highest BCUT2D eigenvalue weighted by molar-refractivity contribution is 6.31. The summed E-state index contributed by atoms with van der Waals surface area (Å²) < 4.78 is 5.32. The van der Waals surface area contributed by atoms with Crippen LogP contribution in [0.2, 0.25) is 5.02 Å². The molecule has 1 aromatic carbocycles. The van der Waals surface area contributed by atoms with Gasteiger partial charge >= 0.3 is 0 Å². The summed E-state index contributed by atoms with van der Waals surface area (Å²) in [6.07, 6.45) is 3.38. The van der Waals surface area contributed by atoms with Crippen molar-refractivity contribution in [3.63, 3.8) is 0 Å². The number of nitrogens with one attached hydrogen (secondary N) is 2. The highest BCUT2D eigenvalue weighted by Gasteiger charge is 2.12. The SMILES string of the molecule is COc1ccc(Cl)cc1Nc1cc(C(=O)NCc2cccnc2)nc(C)n1. The van der Waals surface area contributed by atoms with Crippen LogP contribution in [0.25, 0.3) is 0 Å². The Balaban J connectivity index is 1.78. The number of carbonyl (C=O) groups is 1. The highest BCUT2D eigenvalue weighted by atomic mass is 35.5. The molecule has 0 radical (unpaired) electrons. The van der Waals surface area contributed by atoms with E-state index < -0.39 is 0 Å². The Kier molecular flexibility index (Phi) is 5.83. The molecule has 0 bridgehead atoms. The predicted octanol–water partition coefficient (Wildman–Crippen LogP) is 3.52. The third-order valence-corrected chi connectivity index (χ3v) is 3.91. The van der Waals surface area contributed by atoms with Crippen LogP contribution in [0.1, 0.15) is 21.9 Å². The number of aryl methyl sites for hydroxylation is 1. The zero-order valence-corrected chi connectivity index (χ0v) is 15.6. The fourth-order valence-electron chi connectivity index (χ4n) is 2.44. The van der Waals surface area contributed by atoms with Crippen LogP contribution in [0, 0.1) is 6.92 Å². The topological polar surface area (TPSA) is 89.0 Å². The van der Waals surface area contributed by atoms with Crippen LogP contribution in [0.4, 0.5) is 11.5 Å². The van der Waals surface area contributed by atoms with Crippen molar-refractivity contribution in [1.29, 1.82) is 0 Å². The Hall–Kier alpha value is -3.19. The Bertz CT molecular complexity index is 950. The molecule has 3 aromatic rings. The Morgan fingerprint density at radius 3 is 2.81 bits per heavy atom. The molecule has 1 amide bonds. The van der Waals surface area contributed by atoms with E-state index in [9.17, 15) is 4.79 Å². The van der Waals surface area contributed by atoms with Gasteiger partial charge < -0.3 is 15.4 Å². The Morgan fingerprint density at radius 2 is 2.07 bits per heavy atom. The first-order valence-corrected chi connectivity index (χ1v) is 8.56. The molecular weight excluding hydrogens is 366 g/mol. The van der Waals surface area contributed by atoms with Gasteiger partial charge in [-0.15, -0.1) is 0 Å². The lowest BCUT2D eigenvalue weighted by molar-refractivity contribution is 0.0945. The van der Waals surface area contributed by atoms with Crippen molar-refractivity contribution in [2.24, 2.45) is 0 Å². The van der Waals surface area contributed by atoms with Gasteiger partial charge in [0, 0.05) is 30.0 Å². The number of benzene rings is 1. The summed E-state index contributed by atoms with van der Waals surface area (Å²) in [6.45, 7) is 2.08. The van der Waals surface area contributed by atoms with E-state index in [0.717, 1.165) is 5.56 Å². The third-order valence-electron chi connectivity index (χ3n) is 3.67. The molecule has 0 aliphatic heterocycles. The average molecular weight is 384 g/mol. The summed E-state index contributed by atoms with van der Waals surface area (Å²) in [6, 6.07) is 10.5. The highest BCUT2D eigenvalue weighted by Crippen LogP contribution is 2.30. The van der Waals surface area contributed by atoms with Crippen molar-refractivity contribution >= 4 is 29.0 Å². The molecule has 0 aliphatic rings. The summed E-state index contributed by atoms with van der Waals surface area (Å²) in [5.74, 6) is 1.24. The first kappa shape index (κ1) is 18.6. The van der Waals surface area contributed by atoms with Gasteiger partial charge in [-0.25, -0.2) is 9.97 Å². The molecule has 7 nitrogen and oxygen atoms in total. The van der Waals surface area contributed by atoms with Crippen molar-refractivity contribution in [3.8, 4) is 5.75 Å². The van der Waals surface area contributed by atoms with Gasteiger partial charge in [0.1, 0.15) is 23.1 Å². The summed E-state index contributed by atoms with van der Waals surface area (Å²) in [7, 11) is 1.57. The molecular formula is C19H18ClN5O2. The molecule has 0 saturated carbocycles. The molecule has 3 rings (SSSR count). The number of pyridine rings is 1. The lowest BCUT2D eigenvalue weighted by Crippen LogP contribution is -2.24. The quantitative estimate of drug-likeness (QED) is 0.677. The molecule has 0 aliphatic carbocycles. The number of anilines is 2. The van der Waals surface area contributed by atoms with Crippen molar-refractivity contribution in [2.75, 3.05) is 12.4 Å². The van der Waals surface area contributed by atoms with E-state index in [1.807, 2.05) is 12.1 Å². The van der Waals surface area contributed by atoms with Crippen LogP contribution in [0.15, 0.2) is 48.8 Å². The number of hydrogen-bond donors (Lipinski definition) is 2. The molecule has 0 atom stereocenters. The third kappa shape index (κ3) is 4.92. The van der Waals surface area contributed by atoms with Gasteiger partial charge in [0.25, 0.3) is 5.91 Å². The number of nitrogens with zero attached hydrogens (tertiary/aromatic N) is 3. The standard InChI is InChI=1S/C19H18ClN5O2/c1-12-23-16(19(26)22-11-13-4-3-7-21-10-13)9-18(24-12)25-15-8-14(20)5-6-17(15)27-2/h3-10H,11H2,1-2H3,(H,22,26)(H,23,24,25). The maximum Gasteiger partial charge on any atom is 0.270 e. The molecule has 0 fully saturated rings. The van der Waals surface area contributed by atoms with Crippen molar-refractivity contribution in [3.05, 3.63) is 70.9 Å². The first-order chi connectivity index (χ1) is 13.0. The normalized spacial score (nSPS) is 10.3. The van der Waals surface area contributed by atoms with Crippen LogP contribution in [-0.2, 0) is 6.54 Å². The molecule has 2 N–H and O–H groups in total. The van der Waals surface area contributed by atoms with E-state index in [2.05, 4.69) is 25.6 Å². The molecule has 138 valence electrons. The average Bonchev–Trinajstić information content (AvgIpc) is 2.66. The summed E-state index contributed by atoms with van der Waals surface area (Å²) in [4.78, 5) is 25.0. The number of aromatic nitrogens is 3. The fraction of sp³-hybridized carbons (Fsp3) is 0.158. The van der Waals surface area contributed by atoms with E-state index in [1.165, 1.54) is 0 Å².